The molecule has 1 fully saturated rings. The van der Waals surface area contributed by atoms with Gasteiger partial charge in [0.2, 0.25) is 0 Å². The van der Waals surface area contributed by atoms with Gasteiger partial charge in [-0.25, -0.2) is 9.07 Å². The zero-order valence-electron chi connectivity index (χ0n) is 13.4. The van der Waals surface area contributed by atoms with Crippen molar-refractivity contribution < 1.29 is 4.39 Å². The summed E-state index contributed by atoms with van der Waals surface area (Å²) in [6.07, 6.45) is 7.73. The zero-order chi connectivity index (χ0) is 16.4. The number of nitrogens with zero attached hydrogens (tertiary/aromatic N) is 4. The number of halogens is 1. The molecule has 1 N–H and O–H groups in total. The van der Waals surface area contributed by atoms with Crippen LogP contribution in [-0.2, 0) is 6.54 Å². The molecule has 4 rings (SSSR count). The van der Waals surface area contributed by atoms with E-state index in [1.807, 2.05) is 18.3 Å². The van der Waals surface area contributed by atoms with Crippen molar-refractivity contribution in [3.05, 3.63) is 66.0 Å². The average molecular weight is 325 g/mol. The van der Waals surface area contributed by atoms with E-state index in [-0.39, 0.29) is 5.82 Å². The Kier molecular flexibility index (Phi) is 4.13. The summed E-state index contributed by atoms with van der Waals surface area (Å²) in [6, 6.07) is 8.84. The van der Waals surface area contributed by atoms with Crippen molar-refractivity contribution in [2.24, 2.45) is 0 Å². The first-order chi connectivity index (χ1) is 11.8. The van der Waals surface area contributed by atoms with Gasteiger partial charge in [-0.15, -0.1) is 0 Å². The van der Waals surface area contributed by atoms with E-state index in [4.69, 9.17) is 0 Å². The highest BCUT2D eigenvalue weighted by atomic mass is 19.1. The summed E-state index contributed by atoms with van der Waals surface area (Å²) >= 11 is 0. The molecular formula is C18H20FN5. The van der Waals surface area contributed by atoms with Gasteiger partial charge in [0, 0.05) is 43.3 Å². The first kappa shape index (κ1) is 15.1. The summed E-state index contributed by atoms with van der Waals surface area (Å²) in [6.45, 7) is 2.70. The molecule has 0 bridgehead atoms. The van der Waals surface area contributed by atoms with Crippen LogP contribution >= 0.6 is 0 Å². The highest BCUT2D eigenvalue weighted by Gasteiger charge is 2.23. The molecule has 0 saturated carbocycles. The lowest BCUT2D eigenvalue weighted by molar-refractivity contribution is 0.198. The van der Waals surface area contributed by atoms with Gasteiger partial charge in [-0.2, -0.15) is 10.2 Å². The predicted molar refractivity (Wildman–Crippen MR) is 89.4 cm³/mol. The fraction of sp³-hybridized carbons (Fsp3) is 0.333. The number of H-pyrrole nitrogens is 1. The maximum Gasteiger partial charge on any atom is 0.123 e. The molecule has 0 aliphatic carbocycles. The maximum absolute atomic E-state index is 13.8. The molecule has 0 radical (unpaired) electrons. The molecule has 2 aromatic heterocycles. The summed E-state index contributed by atoms with van der Waals surface area (Å²) in [4.78, 5) is 2.39. The van der Waals surface area contributed by atoms with Gasteiger partial charge in [-0.05, 0) is 55.3 Å². The van der Waals surface area contributed by atoms with E-state index in [1.165, 1.54) is 11.8 Å². The number of rotatable bonds is 4. The quantitative estimate of drug-likeness (QED) is 0.802. The lowest BCUT2D eigenvalue weighted by atomic mass is 9.94. The molecule has 1 aliphatic heterocycles. The van der Waals surface area contributed by atoms with Crippen molar-refractivity contribution in [1.29, 1.82) is 0 Å². The first-order valence-electron chi connectivity index (χ1n) is 8.29. The Hall–Kier alpha value is -2.47. The second-order valence-corrected chi connectivity index (χ2v) is 6.31. The molecule has 1 aromatic carbocycles. The van der Waals surface area contributed by atoms with Gasteiger partial charge in [-0.3, -0.25) is 10.00 Å². The van der Waals surface area contributed by atoms with Crippen molar-refractivity contribution in [3.8, 4) is 5.69 Å². The SMILES string of the molecule is Fc1ccc(-n2cccn2)c(CN2CCCC(c3ccn[nH]3)C2)c1. The molecule has 1 atom stereocenters. The molecule has 0 spiro atoms. The predicted octanol–water partition coefficient (Wildman–Crippen LogP) is 3.11. The molecule has 3 heterocycles. The van der Waals surface area contributed by atoms with Crippen LogP contribution in [0.4, 0.5) is 4.39 Å². The number of likely N-dealkylation sites (tertiary alicyclic amines) is 1. The third-order valence-electron chi connectivity index (χ3n) is 4.65. The highest BCUT2D eigenvalue weighted by molar-refractivity contribution is 5.40. The molecule has 3 aromatic rings. The molecule has 124 valence electrons. The van der Waals surface area contributed by atoms with Gasteiger partial charge in [0.1, 0.15) is 5.82 Å². The van der Waals surface area contributed by atoms with Crippen LogP contribution in [0.5, 0.6) is 0 Å². The second kappa shape index (κ2) is 6.57. The fourth-order valence-corrected chi connectivity index (χ4v) is 3.50. The zero-order valence-corrected chi connectivity index (χ0v) is 13.4. The molecular weight excluding hydrogens is 305 g/mol. The van der Waals surface area contributed by atoms with Gasteiger partial charge >= 0.3 is 0 Å². The van der Waals surface area contributed by atoms with Gasteiger partial charge < -0.3 is 0 Å². The minimum absolute atomic E-state index is 0.206. The number of benzene rings is 1. The minimum atomic E-state index is -0.206. The van der Waals surface area contributed by atoms with Gasteiger partial charge in [0.15, 0.2) is 0 Å². The Labute approximate surface area is 140 Å². The number of hydrogen-bond donors (Lipinski definition) is 1. The Morgan fingerprint density at radius 1 is 1.25 bits per heavy atom. The third kappa shape index (κ3) is 3.10. The monoisotopic (exact) mass is 325 g/mol. The molecule has 24 heavy (non-hydrogen) atoms. The Morgan fingerprint density at radius 2 is 2.21 bits per heavy atom. The average Bonchev–Trinajstić information content (AvgIpc) is 3.29. The lowest BCUT2D eigenvalue weighted by Gasteiger charge is -2.32. The van der Waals surface area contributed by atoms with E-state index in [2.05, 4.69) is 20.2 Å². The van der Waals surface area contributed by atoms with E-state index in [1.54, 1.807) is 29.2 Å². The Bertz CT molecular complexity index is 782. The molecule has 1 saturated heterocycles. The normalized spacial score (nSPS) is 18.8. The van der Waals surface area contributed by atoms with Crippen molar-refractivity contribution in [2.45, 2.75) is 25.3 Å². The van der Waals surface area contributed by atoms with Crippen LogP contribution in [-0.4, -0.2) is 38.0 Å². The number of piperidine rings is 1. The van der Waals surface area contributed by atoms with E-state index in [9.17, 15) is 4.39 Å². The second-order valence-electron chi connectivity index (χ2n) is 6.31. The van der Waals surface area contributed by atoms with Crippen molar-refractivity contribution in [2.75, 3.05) is 13.1 Å². The van der Waals surface area contributed by atoms with Crippen molar-refractivity contribution in [1.82, 2.24) is 24.9 Å². The van der Waals surface area contributed by atoms with Crippen LogP contribution in [0, 0.1) is 5.82 Å². The summed E-state index contributed by atoms with van der Waals surface area (Å²) in [5.41, 5.74) is 3.08. The minimum Gasteiger partial charge on any atom is -0.298 e. The molecule has 1 aliphatic rings. The highest BCUT2D eigenvalue weighted by Crippen LogP contribution is 2.27. The maximum atomic E-state index is 13.8. The number of aromatic amines is 1. The first-order valence-corrected chi connectivity index (χ1v) is 8.29. The van der Waals surface area contributed by atoms with Crippen LogP contribution < -0.4 is 0 Å². The number of hydrogen-bond acceptors (Lipinski definition) is 3. The van der Waals surface area contributed by atoms with Crippen LogP contribution in [0.25, 0.3) is 5.69 Å². The van der Waals surface area contributed by atoms with Crippen LogP contribution in [0.3, 0.4) is 0 Å². The van der Waals surface area contributed by atoms with Crippen LogP contribution in [0.2, 0.25) is 0 Å². The molecule has 1 unspecified atom stereocenters. The summed E-state index contributed by atoms with van der Waals surface area (Å²) in [7, 11) is 0. The summed E-state index contributed by atoms with van der Waals surface area (Å²) < 4.78 is 15.6. The van der Waals surface area contributed by atoms with Gasteiger partial charge in [0.05, 0.1) is 5.69 Å². The third-order valence-corrected chi connectivity index (χ3v) is 4.65. The Balaban J connectivity index is 1.55. The molecule has 5 nitrogen and oxygen atoms in total. The van der Waals surface area contributed by atoms with E-state index in [0.29, 0.717) is 5.92 Å². The molecule has 6 heteroatoms. The van der Waals surface area contributed by atoms with Crippen LogP contribution in [0.15, 0.2) is 48.9 Å². The lowest BCUT2D eigenvalue weighted by Crippen LogP contribution is -2.34. The summed E-state index contributed by atoms with van der Waals surface area (Å²) in [5.74, 6) is 0.256. The van der Waals surface area contributed by atoms with Gasteiger partial charge in [-0.1, -0.05) is 0 Å². The fourth-order valence-electron chi connectivity index (χ4n) is 3.50. The van der Waals surface area contributed by atoms with E-state index >= 15 is 0 Å². The standard InChI is InChI=1S/C18H20FN5/c19-16-4-5-18(24-10-2-7-21-24)15(11-16)13-23-9-1-3-14(12-23)17-6-8-20-22-17/h2,4-8,10-11,14H,1,3,9,12-13H2,(H,20,22). The van der Waals surface area contributed by atoms with Crippen molar-refractivity contribution >= 4 is 0 Å². The van der Waals surface area contributed by atoms with Crippen molar-refractivity contribution in [3.63, 3.8) is 0 Å². The largest absolute Gasteiger partial charge is 0.298 e. The number of nitrogens with one attached hydrogen (secondary N) is 1. The van der Waals surface area contributed by atoms with Gasteiger partial charge in [0.25, 0.3) is 0 Å². The van der Waals surface area contributed by atoms with E-state index in [0.717, 1.165) is 43.7 Å². The topological polar surface area (TPSA) is 49.7 Å². The van der Waals surface area contributed by atoms with E-state index < -0.39 is 0 Å². The number of aromatic nitrogens is 4. The Morgan fingerprint density at radius 3 is 3.00 bits per heavy atom. The molecule has 0 amide bonds. The smallest absolute Gasteiger partial charge is 0.123 e. The summed E-state index contributed by atoms with van der Waals surface area (Å²) in [5, 5.41) is 11.4. The van der Waals surface area contributed by atoms with Crippen LogP contribution in [0.1, 0.15) is 30.0 Å².